The van der Waals surface area contributed by atoms with Gasteiger partial charge in [0, 0.05) is 5.02 Å². The van der Waals surface area contributed by atoms with Gasteiger partial charge >= 0.3 is 0 Å². The summed E-state index contributed by atoms with van der Waals surface area (Å²) < 4.78 is 12.7. The zero-order chi connectivity index (χ0) is 10.2. The van der Waals surface area contributed by atoms with Crippen LogP contribution in [-0.4, -0.2) is 6.08 Å². The predicted octanol–water partition coefficient (Wildman–Crippen LogP) is 2.80. The van der Waals surface area contributed by atoms with E-state index in [0.717, 1.165) is 12.8 Å². The molecule has 4 heteroatoms. The van der Waals surface area contributed by atoms with Gasteiger partial charge in [-0.2, -0.15) is 4.99 Å². The standard InChI is InChI=1S/C10H7ClFNO/c11-9-5-7(12)1-2-8(9)10(3-4-10)13-6-14/h1-2,5H,3-4H2. The Morgan fingerprint density at radius 1 is 1.50 bits per heavy atom. The number of hydrogen-bond donors (Lipinski definition) is 0. The molecule has 72 valence electrons. The maximum atomic E-state index is 12.7. The van der Waals surface area contributed by atoms with Crippen molar-refractivity contribution in [2.75, 3.05) is 0 Å². The van der Waals surface area contributed by atoms with E-state index in [1.165, 1.54) is 18.2 Å². The molecule has 1 aliphatic carbocycles. The highest BCUT2D eigenvalue weighted by Gasteiger charge is 2.46. The van der Waals surface area contributed by atoms with Crippen LogP contribution in [0.3, 0.4) is 0 Å². The summed E-state index contributed by atoms with van der Waals surface area (Å²) in [7, 11) is 0. The molecule has 1 aromatic rings. The van der Waals surface area contributed by atoms with Crippen molar-refractivity contribution in [1.82, 2.24) is 0 Å². The summed E-state index contributed by atoms with van der Waals surface area (Å²) in [5, 5.41) is 0.321. The zero-order valence-corrected chi connectivity index (χ0v) is 8.01. The van der Waals surface area contributed by atoms with Crippen molar-refractivity contribution in [1.29, 1.82) is 0 Å². The van der Waals surface area contributed by atoms with E-state index in [0.29, 0.717) is 10.6 Å². The minimum absolute atomic E-state index is 0.321. The number of isocyanates is 1. The van der Waals surface area contributed by atoms with Crippen molar-refractivity contribution >= 4 is 17.7 Å². The fraction of sp³-hybridized carbons (Fsp3) is 0.300. The fourth-order valence-corrected chi connectivity index (χ4v) is 1.86. The Bertz CT molecular complexity index is 422. The van der Waals surface area contributed by atoms with Crippen molar-refractivity contribution in [2.24, 2.45) is 4.99 Å². The lowest BCUT2D eigenvalue weighted by atomic mass is 10.1. The smallest absolute Gasteiger partial charge is 0.211 e. The molecule has 0 N–H and O–H groups in total. The van der Waals surface area contributed by atoms with Gasteiger partial charge in [0.2, 0.25) is 6.08 Å². The Kier molecular flexibility index (Phi) is 2.14. The van der Waals surface area contributed by atoms with Crippen LogP contribution in [-0.2, 0) is 10.3 Å². The van der Waals surface area contributed by atoms with E-state index >= 15 is 0 Å². The summed E-state index contributed by atoms with van der Waals surface area (Å²) in [5.41, 5.74) is 0.191. The predicted molar refractivity (Wildman–Crippen MR) is 50.4 cm³/mol. The Labute approximate surface area is 85.4 Å². The average molecular weight is 212 g/mol. The summed E-state index contributed by atoms with van der Waals surface area (Å²) in [6.07, 6.45) is 3.08. The van der Waals surface area contributed by atoms with Crippen LogP contribution >= 0.6 is 11.6 Å². The number of rotatable bonds is 2. The van der Waals surface area contributed by atoms with E-state index in [1.54, 1.807) is 6.07 Å². The minimum Gasteiger partial charge on any atom is -0.211 e. The third kappa shape index (κ3) is 1.45. The highest BCUT2D eigenvalue weighted by molar-refractivity contribution is 6.31. The number of halogens is 2. The quantitative estimate of drug-likeness (QED) is 0.546. The van der Waals surface area contributed by atoms with Gasteiger partial charge in [-0.25, -0.2) is 9.18 Å². The molecule has 1 aliphatic rings. The van der Waals surface area contributed by atoms with Crippen LogP contribution in [0.25, 0.3) is 0 Å². The van der Waals surface area contributed by atoms with Crippen molar-refractivity contribution in [3.05, 3.63) is 34.6 Å². The Balaban J connectivity index is 2.47. The lowest BCUT2D eigenvalue weighted by molar-refractivity contribution is 0.556. The van der Waals surface area contributed by atoms with Crippen LogP contribution in [0.15, 0.2) is 23.2 Å². The van der Waals surface area contributed by atoms with Crippen molar-refractivity contribution < 1.29 is 9.18 Å². The molecule has 2 rings (SSSR count). The Morgan fingerprint density at radius 2 is 2.21 bits per heavy atom. The first-order valence-electron chi connectivity index (χ1n) is 4.22. The fourth-order valence-electron chi connectivity index (χ4n) is 1.51. The zero-order valence-electron chi connectivity index (χ0n) is 7.26. The van der Waals surface area contributed by atoms with Crippen LogP contribution in [0.4, 0.5) is 4.39 Å². The summed E-state index contributed by atoms with van der Waals surface area (Å²) in [6.45, 7) is 0. The molecule has 14 heavy (non-hydrogen) atoms. The van der Waals surface area contributed by atoms with E-state index in [4.69, 9.17) is 11.6 Å². The van der Waals surface area contributed by atoms with Gasteiger partial charge in [-0.05, 0) is 30.5 Å². The van der Waals surface area contributed by atoms with E-state index in [9.17, 15) is 9.18 Å². The van der Waals surface area contributed by atoms with Gasteiger partial charge in [0.05, 0.1) is 5.54 Å². The second kappa shape index (κ2) is 3.19. The van der Waals surface area contributed by atoms with Gasteiger partial charge in [0.1, 0.15) is 5.82 Å². The summed E-state index contributed by atoms with van der Waals surface area (Å²) in [5.74, 6) is -0.385. The summed E-state index contributed by atoms with van der Waals surface area (Å²) in [6, 6.07) is 4.13. The lowest BCUT2D eigenvalue weighted by Crippen LogP contribution is -2.03. The van der Waals surface area contributed by atoms with E-state index < -0.39 is 5.54 Å². The number of hydrogen-bond acceptors (Lipinski definition) is 2. The number of carbonyl (C=O) groups excluding carboxylic acids is 1. The van der Waals surface area contributed by atoms with Gasteiger partial charge in [-0.15, -0.1) is 0 Å². The van der Waals surface area contributed by atoms with E-state index in [-0.39, 0.29) is 5.82 Å². The first kappa shape index (κ1) is 9.38. The second-order valence-corrected chi connectivity index (χ2v) is 3.77. The van der Waals surface area contributed by atoms with Crippen LogP contribution in [0.2, 0.25) is 5.02 Å². The van der Waals surface area contributed by atoms with Gasteiger partial charge in [-0.1, -0.05) is 17.7 Å². The van der Waals surface area contributed by atoms with Gasteiger partial charge < -0.3 is 0 Å². The highest BCUT2D eigenvalue weighted by Crippen LogP contribution is 2.51. The molecule has 0 heterocycles. The largest absolute Gasteiger partial charge is 0.235 e. The molecule has 0 saturated heterocycles. The minimum atomic E-state index is -0.521. The lowest BCUT2D eigenvalue weighted by Gasteiger charge is -2.09. The molecule has 0 aliphatic heterocycles. The monoisotopic (exact) mass is 211 g/mol. The molecule has 0 unspecified atom stereocenters. The maximum Gasteiger partial charge on any atom is 0.235 e. The molecule has 0 aromatic heterocycles. The van der Waals surface area contributed by atoms with E-state index in [1.807, 2.05) is 0 Å². The summed E-state index contributed by atoms with van der Waals surface area (Å²) in [4.78, 5) is 13.9. The SMILES string of the molecule is O=C=NC1(c2ccc(F)cc2Cl)CC1. The van der Waals surface area contributed by atoms with Crippen LogP contribution in [0.5, 0.6) is 0 Å². The number of aliphatic imine (C=N–C) groups is 1. The second-order valence-electron chi connectivity index (χ2n) is 3.36. The molecule has 0 bridgehead atoms. The van der Waals surface area contributed by atoms with Crippen molar-refractivity contribution in [3.8, 4) is 0 Å². The molecule has 1 aromatic carbocycles. The molecule has 0 amide bonds. The van der Waals surface area contributed by atoms with Crippen molar-refractivity contribution in [3.63, 3.8) is 0 Å². The first-order chi connectivity index (χ1) is 6.68. The molecule has 0 atom stereocenters. The number of benzene rings is 1. The molecule has 0 spiro atoms. The normalized spacial score (nSPS) is 17.3. The maximum absolute atomic E-state index is 12.7. The Hall–Kier alpha value is -1.18. The van der Waals surface area contributed by atoms with Crippen LogP contribution < -0.4 is 0 Å². The van der Waals surface area contributed by atoms with Gasteiger partial charge in [0.25, 0.3) is 0 Å². The molecule has 0 radical (unpaired) electrons. The molecule has 2 nitrogen and oxygen atoms in total. The first-order valence-corrected chi connectivity index (χ1v) is 4.60. The van der Waals surface area contributed by atoms with Crippen LogP contribution in [0, 0.1) is 5.82 Å². The van der Waals surface area contributed by atoms with E-state index in [2.05, 4.69) is 4.99 Å². The van der Waals surface area contributed by atoms with Crippen LogP contribution in [0.1, 0.15) is 18.4 Å². The third-order valence-electron chi connectivity index (χ3n) is 2.42. The summed E-state index contributed by atoms with van der Waals surface area (Å²) >= 11 is 5.86. The topological polar surface area (TPSA) is 29.4 Å². The third-order valence-corrected chi connectivity index (χ3v) is 2.73. The molecule has 1 saturated carbocycles. The highest BCUT2D eigenvalue weighted by atomic mass is 35.5. The molecular weight excluding hydrogens is 205 g/mol. The average Bonchev–Trinajstić information content (AvgIpc) is 2.86. The van der Waals surface area contributed by atoms with Crippen molar-refractivity contribution in [2.45, 2.75) is 18.4 Å². The molecular formula is C10H7ClFNO. The Morgan fingerprint density at radius 3 is 2.71 bits per heavy atom. The number of nitrogens with zero attached hydrogens (tertiary/aromatic N) is 1. The van der Waals surface area contributed by atoms with Gasteiger partial charge in [-0.3, -0.25) is 0 Å². The van der Waals surface area contributed by atoms with Gasteiger partial charge in [0.15, 0.2) is 0 Å². The molecule has 1 fully saturated rings.